The third-order valence-electron chi connectivity index (χ3n) is 5.54. The molecule has 1 saturated carbocycles. The third-order valence-corrected chi connectivity index (χ3v) is 5.86. The summed E-state index contributed by atoms with van der Waals surface area (Å²) in [5, 5.41) is 4.44. The molecule has 0 atom stereocenters. The van der Waals surface area contributed by atoms with Crippen LogP contribution in [0.4, 0.5) is 5.69 Å². The maximum atomic E-state index is 6.34. The molecule has 1 aliphatic heterocycles. The van der Waals surface area contributed by atoms with Crippen LogP contribution in [-0.4, -0.2) is 63.8 Å². The summed E-state index contributed by atoms with van der Waals surface area (Å²) in [6.07, 6.45) is 3.74. The van der Waals surface area contributed by atoms with Crippen LogP contribution in [0.2, 0.25) is 5.02 Å². The van der Waals surface area contributed by atoms with Crippen molar-refractivity contribution in [1.82, 2.24) is 10.2 Å². The minimum Gasteiger partial charge on any atom is -0.382 e. The number of hydrogen-bond acceptors (Lipinski definition) is 3. The van der Waals surface area contributed by atoms with Crippen molar-refractivity contribution in [3.63, 3.8) is 0 Å². The van der Waals surface area contributed by atoms with Crippen molar-refractivity contribution in [1.29, 1.82) is 0 Å². The molecule has 0 bridgehead atoms. The Morgan fingerprint density at radius 2 is 1.93 bits per heavy atom. The Bertz CT molecular complexity index is 616. The number of ether oxygens (including phenoxy) is 1. The van der Waals surface area contributed by atoms with E-state index < -0.39 is 0 Å². The van der Waals surface area contributed by atoms with Gasteiger partial charge in [0.1, 0.15) is 0 Å². The number of hydrogen-bond donors (Lipinski definition) is 1. The summed E-state index contributed by atoms with van der Waals surface area (Å²) in [6, 6.07) is 8.08. The summed E-state index contributed by atoms with van der Waals surface area (Å²) in [5.74, 6) is 1.02. The first-order valence-corrected chi connectivity index (χ1v) is 10.1. The number of rotatable bonds is 7. The Balaban J connectivity index is 0.00000261. The van der Waals surface area contributed by atoms with E-state index in [2.05, 4.69) is 33.1 Å². The number of nitrogens with zero attached hydrogens (tertiary/aromatic N) is 3. The molecular weight excluding hydrogens is 475 g/mol. The highest BCUT2D eigenvalue weighted by Crippen LogP contribution is 2.48. The van der Waals surface area contributed by atoms with Gasteiger partial charge in [-0.25, -0.2) is 0 Å². The molecule has 2 aliphatic rings. The fourth-order valence-electron chi connectivity index (χ4n) is 3.59. The molecule has 0 aromatic heterocycles. The number of nitrogens with one attached hydrogen (secondary N) is 1. The predicted molar refractivity (Wildman–Crippen MR) is 125 cm³/mol. The van der Waals surface area contributed by atoms with Gasteiger partial charge in [0, 0.05) is 53.0 Å². The van der Waals surface area contributed by atoms with Crippen LogP contribution in [0.3, 0.4) is 0 Å². The van der Waals surface area contributed by atoms with Gasteiger partial charge in [0.25, 0.3) is 0 Å². The van der Waals surface area contributed by atoms with E-state index in [1.165, 1.54) is 12.8 Å². The summed E-state index contributed by atoms with van der Waals surface area (Å²) < 4.78 is 5.54. The van der Waals surface area contributed by atoms with E-state index in [4.69, 9.17) is 16.3 Å². The predicted octanol–water partition coefficient (Wildman–Crippen LogP) is 3.86. The highest BCUT2D eigenvalue weighted by molar-refractivity contribution is 14.0. The van der Waals surface area contributed by atoms with Gasteiger partial charge in [-0.3, -0.25) is 4.99 Å². The minimum atomic E-state index is 0. The third kappa shape index (κ3) is 6.12. The number of aliphatic imine (C=N–C) groups is 1. The van der Waals surface area contributed by atoms with Gasteiger partial charge in [-0.2, -0.15) is 0 Å². The Hall–Kier alpha value is -0.730. The van der Waals surface area contributed by atoms with Gasteiger partial charge >= 0.3 is 0 Å². The molecule has 5 nitrogen and oxygen atoms in total. The average molecular weight is 507 g/mol. The summed E-state index contributed by atoms with van der Waals surface area (Å²) in [5.41, 5.74) is 1.55. The number of anilines is 1. The van der Waals surface area contributed by atoms with E-state index in [0.29, 0.717) is 5.41 Å². The van der Waals surface area contributed by atoms with Crippen molar-refractivity contribution < 1.29 is 4.74 Å². The molecule has 0 amide bonds. The molecule has 1 aromatic rings. The number of benzene rings is 1. The molecular formula is C20H32ClIN4O. The van der Waals surface area contributed by atoms with Crippen LogP contribution in [0, 0.1) is 5.41 Å². The fraction of sp³-hybridized carbons (Fsp3) is 0.650. The van der Waals surface area contributed by atoms with E-state index in [1.807, 2.05) is 25.2 Å². The average Bonchev–Trinajstić information content (AvgIpc) is 3.44. The molecule has 0 unspecified atom stereocenters. The second-order valence-electron chi connectivity index (χ2n) is 7.27. The molecule has 0 spiro atoms. The Morgan fingerprint density at radius 3 is 2.52 bits per heavy atom. The van der Waals surface area contributed by atoms with Crippen LogP contribution >= 0.6 is 35.6 Å². The smallest absolute Gasteiger partial charge is 0.193 e. The van der Waals surface area contributed by atoms with Gasteiger partial charge in [0.2, 0.25) is 0 Å². The number of piperazine rings is 1. The zero-order chi connectivity index (χ0) is 18.4. The van der Waals surface area contributed by atoms with Gasteiger partial charge in [-0.15, -0.1) is 24.0 Å². The maximum absolute atomic E-state index is 6.34. The molecule has 0 radical (unpaired) electrons. The largest absolute Gasteiger partial charge is 0.382 e. The van der Waals surface area contributed by atoms with Crippen molar-refractivity contribution in [3.8, 4) is 0 Å². The van der Waals surface area contributed by atoms with Crippen LogP contribution in [0.1, 0.15) is 26.2 Å². The summed E-state index contributed by atoms with van der Waals surface area (Å²) in [6.45, 7) is 8.56. The molecule has 1 aliphatic carbocycles. The maximum Gasteiger partial charge on any atom is 0.193 e. The van der Waals surface area contributed by atoms with Crippen LogP contribution < -0.4 is 10.2 Å². The topological polar surface area (TPSA) is 40.1 Å². The van der Waals surface area contributed by atoms with Crippen LogP contribution in [0.5, 0.6) is 0 Å². The Kier molecular flexibility index (Phi) is 8.95. The standard InChI is InChI=1S/C20H31ClN4O.HI/c1-3-26-15-10-20(8-9-20)16-23-19(22-2)25-13-11-24(12-14-25)18-7-5-4-6-17(18)21;/h4-7H,3,8-16H2,1-2H3,(H,22,23);1H. The van der Waals surface area contributed by atoms with Crippen molar-refractivity contribution in [3.05, 3.63) is 29.3 Å². The summed E-state index contributed by atoms with van der Waals surface area (Å²) in [4.78, 5) is 9.22. The monoisotopic (exact) mass is 506 g/mol. The van der Waals surface area contributed by atoms with Crippen molar-refractivity contribution >= 4 is 47.2 Å². The molecule has 152 valence electrons. The molecule has 1 aromatic carbocycles. The molecule has 1 N–H and O–H groups in total. The van der Waals surface area contributed by atoms with E-state index in [-0.39, 0.29) is 24.0 Å². The SMILES string of the molecule is CCOCCC1(CNC(=NC)N2CCN(c3ccccc3Cl)CC2)CC1.I. The van der Waals surface area contributed by atoms with Gasteiger partial charge in [-0.1, -0.05) is 23.7 Å². The molecule has 2 fully saturated rings. The van der Waals surface area contributed by atoms with Crippen LogP contribution in [0.25, 0.3) is 0 Å². The zero-order valence-electron chi connectivity index (χ0n) is 16.4. The van der Waals surface area contributed by atoms with Crippen LogP contribution in [-0.2, 0) is 4.74 Å². The zero-order valence-corrected chi connectivity index (χ0v) is 19.5. The van der Waals surface area contributed by atoms with Gasteiger partial charge < -0.3 is 19.9 Å². The second-order valence-corrected chi connectivity index (χ2v) is 7.68. The van der Waals surface area contributed by atoms with E-state index in [1.54, 1.807) is 0 Å². The number of para-hydroxylation sites is 1. The van der Waals surface area contributed by atoms with Crippen molar-refractivity contribution in [2.45, 2.75) is 26.2 Å². The van der Waals surface area contributed by atoms with Crippen molar-refractivity contribution in [2.75, 3.05) is 57.9 Å². The quantitative estimate of drug-likeness (QED) is 0.264. The molecule has 3 rings (SSSR count). The van der Waals surface area contributed by atoms with Crippen molar-refractivity contribution in [2.24, 2.45) is 10.4 Å². The highest BCUT2D eigenvalue weighted by Gasteiger charge is 2.42. The molecule has 1 saturated heterocycles. The highest BCUT2D eigenvalue weighted by atomic mass is 127. The van der Waals surface area contributed by atoms with E-state index in [9.17, 15) is 0 Å². The summed E-state index contributed by atoms with van der Waals surface area (Å²) in [7, 11) is 1.88. The lowest BCUT2D eigenvalue weighted by molar-refractivity contribution is 0.128. The summed E-state index contributed by atoms with van der Waals surface area (Å²) >= 11 is 6.34. The van der Waals surface area contributed by atoms with Gasteiger partial charge in [-0.05, 0) is 43.7 Å². The van der Waals surface area contributed by atoms with E-state index in [0.717, 1.165) is 69.0 Å². The first kappa shape index (κ1) is 22.6. The van der Waals surface area contributed by atoms with E-state index >= 15 is 0 Å². The van der Waals surface area contributed by atoms with Gasteiger partial charge in [0.05, 0.1) is 10.7 Å². The first-order valence-electron chi connectivity index (χ1n) is 9.70. The second kappa shape index (κ2) is 10.7. The lowest BCUT2D eigenvalue weighted by atomic mass is 10.0. The lowest BCUT2D eigenvalue weighted by Gasteiger charge is -2.38. The normalized spacial score (nSPS) is 18.9. The molecule has 27 heavy (non-hydrogen) atoms. The number of halogens is 2. The van der Waals surface area contributed by atoms with Crippen LogP contribution in [0.15, 0.2) is 29.3 Å². The Morgan fingerprint density at radius 1 is 1.22 bits per heavy atom. The Labute approximate surface area is 185 Å². The first-order chi connectivity index (χ1) is 12.7. The fourth-order valence-corrected chi connectivity index (χ4v) is 3.85. The lowest BCUT2D eigenvalue weighted by Crippen LogP contribution is -2.53. The molecule has 1 heterocycles. The number of guanidine groups is 1. The van der Waals surface area contributed by atoms with Gasteiger partial charge in [0.15, 0.2) is 5.96 Å². The molecule has 7 heteroatoms. The minimum absolute atomic E-state index is 0.